The zero-order valence-electron chi connectivity index (χ0n) is 19.5. The molecular weight excluding hydrogens is 466 g/mol. The van der Waals surface area contributed by atoms with E-state index in [9.17, 15) is 18.0 Å². The van der Waals surface area contributed by atoms with Crippen LogP contribution in [0.1, 0.15) is 12.5 Å². The summed E-state index contributed by atoms with van der Waals surface area (Å²) in [5.74, 6) is -0.603. The summed E-state index contributed by atoms with van der Waals surface area (Å²) in [6.45, 7) is 1.17. The molecule has 1 atom stereocenters. The maximum absolute atomic E-state index is 13.7. The molecule has 8 nitrogen and oxygen atoms in total. The smallest absolute Gasteiger partial charge is 0.247 e. The van der Waals surface area contributed by atoms with Crippen LogP contribution >= 0.6 is 0 Å². The zero-order chi connectivity index (χ0) is 25.1. The molecule has 3 aromatic rings. The maximum atomic E-state index is 13.7. The van der Waals surface area contributed by atoms with Gasteiger partial charge in [-0.2, -0.15) is 4.31 Å². The number of nitrogens with one attached hydrogen (secondary N) is 1. The third kappa shape index (κ3) is 4.78. The molecule has 0 bridgehead atoms. The number of nitrogens with zero attached hydrogens (tertiary/aromatic N) is 2. The average Bonchev–Trinajstić information content (AvgIpc) is 2.88. The van der Waals surface area contributed by atoms with E-state index in [-0.39, 0.29) is 18.0 Å². The second kappa shape index (κ2) is 9.89. The summed E-state index contributed by atoms with van der Waals surface area (Å²) in [5, 5.41) is 2.88. The third-order valence-electron chi connectivity index (χ3n) is 6.03. The Morgan fingerprint density at radius 1 is 0.971 bits per heavy atom. The molecule has 1 heterocycles. The number of rotatable bonds is 7. The number of hydrogen-bond acceptors (Lipinski definition) is 5. The number of hydrogen-bond donors (Lipinski definition) is 1. The fourth-order valence-corrected chi connectivity index (χ4v) is 5.74. The summed E-state index contributed by atoms with van der Waals surface area (Å²) < 4.78 is 33.3. The highest BCUT2D eigenvalue weighted by Gasteiger charge is 2.51. The van der Waals surface area contributed by atoms with E-state index in [1.807, 2.05) is 30.3 Å². The van der Waals surface area contributed by atoms with Crippen LogP contribution in [0.2, 0.25) is 0 Å². The number of sulfonamides is 1. The van der Waals surface area contributed by atoms with Crippen LogP contribution in [0.3, 0.4) is 0 Å². The lowest BCUT2D eigenvalue weighted by atomic mass is 9.94. The summed E-state index contributed by atoms with van der Waals surface area (Å²) in [6, 6.07) is 24.1. The molecule has 0 aromatic heterocycles. The molecule has 1 saturated heterocycles. The molecule has 182 valence electrons. The minimum absolute atomic E-state index is 0.0607. The number of benzene rings is 3. The molecule has 1 aliphatic heterocycles. The van der Waals surface area contributed by atoms with Gasteiger partial charge in [0.05, 0.1) is 24.2 Å². The minimum Gasteiger partial charge on any atom is -0.495 e. The topological polar surface area (TPSA) is 96.0 Å². The quantitative estimate of drug-likeness (QED) is 0.546. The summed E-state index contributed by atoms with van der Waals surface area (Å²) in [4.78, 5) is 28.6. The van der Waals surface area contributed by atoms with E-state index in [4.69, 9.17) is 4.74 Å². The van der Waals surface area contributed by atoms with Crippen molar-refractivity contribution in [2.75, 3.05) is 25.1 Å². The second-order valence-electron chi connectivity index (χ2n) is 8.43. The van der Waals surface area contributed by atoms with Crippen molar-refractivity contribution in [2.24, 2.45) is 0 Å². The van der Waals surface area contributed by atoms with Gasteiger partial charge in [0.1, 0.15) is 11.3 Å². The molecule has 0 spiro atoms. The highest BCUT2D eigenvalue weighted by molar-refractivity contribution is 7.89. The summed E-state index contributed by atoms with van der Waals surface area (Å²) >= 11 is 0. The Morgan fingerprint density at radius 3 is 2.23 bits per heavy atom. The van der Waals surface area contributed by atoms with Gasteiger partial charge in [-0.1, -0.05) is 60.7 Å². The predicted molar refractivity (Wildman–Crippen MR) is 132 cm³/mol. The monoisotopic (exact) mass is 493 g/mol. The van der Waals surface area contributed by atoms with Gasteiger partial charge in [0.2, 0.25) is 21.8 Å². The first kappa shape index (κ1) is 24.4. The van der Waals surface area contributed by atoms with Crippen LogP contribution in [0, 0.1) is 0 Å². The van der Waals surface area contributed by atoms with Crippen LogP contribution in [0.4, 0.5) is 5.69 Å². The van der Waals surface area contributed by atoms with E-state index < -0.39 is 33.9 Å². The molecule has 0 aliphatic carbocycles. The first-order chi connectivity index (χ1) is 16.8. The van der Waals surface area contributed by atoms with E-state index in [0.717, 1.165) is 9.87 Å². The van der Waals surface area contributed by atoms with Gasteiger partial charge < -0.3 is 10.1 Å². The fourth-order valence-electron chi connectivity index (χ4n) is 4.23. The molecule has 35 heavy (non-hydrogen) atoms. The summed E-state index contributed by atoms with van der Waals surface area (Å²) in [7, 11) is -2.53. The number of para-hydroxylation sites is 2. The van der Waals surface area contributed by atoms with Gasteiger partial charge in [-0.3, -0.25) is 14.5 Å². The Labute approximate surface area is 205 Å². The molecule has 1 N–H and O–H groups in total. The van der Waals surface area contributed by atoms with Crippen molar-refractivity contribution >= 4 is 27.5 Å². The highest BCUT2D eigenvalue weighted by atomic mass is 32.2. The van der Waals surface area contributed by atoms with Crippen molar-refractivity contribution in [3.63, 3.8) is 0 Å². The molecule has 2 amide bonds. The van der Waals surface area contributed by atoms with Crippen molar-refractivity contribution in [3.05, 3.63) is 90.5 Å². The fraction of sp³-hybridized carbons (Fsp3) is 0.231. The van der Waals surface area contributed by atoms with Gasteiger partial charge >= 0.3 is 0 Å². The number of ether oxygens (including phenoxy) is 1. The lowest BCUT2D eigenvalue weighted by molar-refractivity contribution is -0.133. The number of anilines is 1. The van der Waals surface area contributed by atoms with Crippen molar-refractivity contribution in [2.45, 2.75) is 23.9 Å². The average molecular weight is 494 g/mol. The third-order valence-corrected chi connectivity index (χ3v) is 7.84. The van der Waals surface area contributed by atoms with Crippen LogP contribution < -0.4 is 15.0 Å². The van der Waals surface area contributed by atoms with E-state index in [2.05, 4.69) is 5.32 Å². The minimum atomic E-state index is -4.01. The number of carbonyl (C=O) groups excluding carboxylic acids is 2. The number of carbonyl (C=O) groups is 2. The molecule has 1 aliphatic rings. The molecule has 3 aromatic carbocycles. The van der Waals surface area contributed by atoms with Crippen LogP contribution in [0.5, 0.6) is 5.75 Å². The Hall–Kier alpha value is -3.69. The van der Waals surface area contributed by atoms with E-state index in [0.29, 0.717) is 11.4 Å². The van der Waals surface area contributed by atoms with Crippen LogP contribution in [-0.2, 0) is 26.2 Å². The Balaban J connectivity index is 1.74. The number of amides is 2. The first-order valence-electron chi connectivity index (χ1n) is 11.1. The van der Waals surface area contributed by atoms with E-state index in [1.54, 1.807) is 49.4 Å². The molecular formula is C26H27N3O5S. The van der Waals surface area contributed by atoms with Gasteiger partial charge in [-0.15, -0.1) is 0 Å². The van der Waals surface area contributed by atoms with Gasteiger partial charge in [-0.05, 0) is 36.8 Å². The summed E-state index contributed by atoms with van der Waals surface area (Å²) in [5.41, 5.74) is -0.265. The Kier molecular flexibility index (Phi) is 6.90. The standard InChI is InChI=1S/C26H27N3O5S/c1-26(25(31)27-17-20-11-5-3-6-12-20)19-28(35(32,33)21-13-7-4-8-14-21)18-24(30)29(26)22-15-9-10-16-23(22)34-2/h3-16H,17-19H2,1-2H3,(H,27,31). The molecule has 9 heteroatoms. The molecule has 1 fully saturated rings. The van der Waals surface area contributed by atoms with E-state index >= 15 is 0 Å². The van der Waals surface area contributed by atoms with Gasteiger partial charge in [0.15, 0.2) is 0 Å². The first-order valence-corrected chi connectivity index (χ1v) is 12.5. The normalized spacial score (nSPS) is 18.8. The predicted octanol–water partition coefficient (Wildman–Crippen LogP) is 2.81. The van der Waals surface area contributed by atoms with Crippen LogP contribution in [0.25, 0.3) is 0 Å². The van der Waals surface area contributed by atoms with Crippen LogP contribution in [-0.4, -0.2) is 50.3 Å². The van der Waals surface area contributed by atoms with Crippen molar-refractivity contribution < 1.29 is 22.7 Å². The lowest BCUT2D eigenvalue weighted by Gasteiger charge is -2.46. The van der Waals surface area contributed by atoms with Crippen molar-refractivity contribution in [3.8, 4) is 5.75 Å². The molecule has 4 rings (SSSR count). The Bertz CT molecular complexity index is 1320. The highest BCUT2D eigenvalue weighted by Crippen LogP contribution is 2.37. The second-order valence-corrected chi connectivity index (χ2v) is 10.4. The summed E-state index contributed by atoms with van der Waals surface area (Å²) in [6.07, 6.45) is 0. The molecule has 0 saturated carbocycles. The van der Waals surface area contributed by atoms with Gasteiger partial charge in [0.25, 0.3) is 0 Å². The van der Waals surface area contributed by atoms with Gasteiger partial charge in [-0.25, -0.2) is 8.42 Å². The molecule has 0 radical (unpaired) electrons. The number of methoxy groups -OCH3 is 1. The number of piperazine rings is 1. The Morgan fingerprint density at radius 2 is 1.57 bits per heavy atom. The maximum Gasteiger partial charge on any atom is 0.247 e. The largest absolute Gasteiger partial charge is 0.495 e. The van der Waals surface area contributed by atoms with Crippen molar-refractivity contribution in [1.29, 1.82) is 0 Å². The zero-order valence-corrected chi connectivity index (χ0v) is 20.4. The molecule has 1 unspecified atom stereocenters. The lowest BCUT2D eigenvalue weighted by Crippen LogP contribution is -2.70. The van der Waals surface area contributed by atoms with Crippen molar-refractivity contribution in [1.82, 2.24) is 9.62 Å². The van der Waals surface area contributed by atoms with Crippen LogP contribution in [0.15, 0.2) is 89.8 Å². The van der Waals surface area contributed by atoms with Gasteiger partial charge in [0, 0.05) is 13.1 Å². The van der Waals surface area contributed by atoms with E-state index in [1.165, 1.54) is 24.1 Å². The SMILES string of the molecule is COc1ccccc1N1C(=O)CN(S(=O)(=O)c2ccccc2)CC1(C)C(=O)NCc1ccccc1.